The van der Waals surface area contributed by atoms with Crippen molar-refractivity contribution in [2.45, 2.75) is 44.1 Å². The Balaban J connectivity index is 2.16. The van der Waals surface area contributed by atoms with Gasteiger partial charge in [0.2, 0.25) is 5.91 Å². The van der Waals surface area contributed by atoms with E-state index in [-0.39, 0.29) is 12.5 Å². The molecule has 0 radical (unpaired) electrons. The monoisotopic (exact) mass is 325 g/mol. The van der Waals surface area contributed by atoms with E-state index in [1.54, 1.807) is 6.07 Å². The molecule has 2 rings (SSSR count). The van der Waals surface area contributed by atoms with E-state index in [1.165, 1.54) is 0 Å². The highest BCUT2D eigenvalue weighted by molar-refractivity contribution is 6.30. The predicted molar refractivity (Wildman–Crippen MR) is 87.1 cm³/mol. The summed E-state index contributed by atoms with van der Waals surface area (Å²) in [7, 11) is 0. The Morgan fingerprint density at radius 1 is 1.45 bits per heavy atom. The summed E-state index contributed by atoms with van der Waals surface area (Å²) in [5.74, 6) is -0.0479. The van der Waals surface area contributed by atoms with Crippen LogP contribution < -0.4 is 5.32 Å². The van der Waals surface area contributed by atoms with Crippen molar-refractivity contribution >= 4 is 17.5 Å². The first-order valence-electron chi connectivity index (χ1n) is 7.88. The van der Waals surface area contributed by atoms with Crippen molar-refractivity contribution in [1.29, 1.82) is 0 Å². The fraction of sp³-hybridized carbons (Fsp3) is 0.588. The molecule has 1 aliphatic heterocycles. The Kier molecular flexibility index (Phi) is 6.24. The molecule has 1 unspecified atom stereocenters. The van der Waals surface area contributed by atoms with Gasteiger partial charge in [0, 0.05) is 24.8 Å². The van der Waals surface area contributed by atoms with Crippen molar-refractivity contribution in [2.75, 3.05) is 19.8 Å². The number of aliphatic hydroxyl groups is 1. The molecule has 1 fully saturated rings. The van der Waals surface area contributed by atoms with Gasteiger partial charge in [0.1, 0.15) is 0 Å². The molecule has 0 spiro atoms. The molecular formula is C17H24ClNO3. The van der Waals surface area contributed by atoms with E-state index in [9.17, 15) is 9.90 Å². The first-order chi connectivity index (χ1) is 10.6. The van der Waals surface area contributed by atoms with Gasteiger partial charge in [-0.1, -0.05) is 37.1 Å². The van der Waals surface area contributed by atoms with Gasteiger partial charge >= 0.3 is 0 Å². The Bertz CT molecular complexity index is 500. The lowest BCUT2D eigenvalue weighted by Crippen LogP contribution is -2.49. The number of aliphatic hydroxyl groups excluding tert-OH is 1. The second-order valence-corrected chi connectivity index (χ2v) is 6.29. The minimum Gasteiger partial charge on any atom is -0.391 e. The smallest absolute Gasteiger partial charge is 0.230 e. The zero-order chi connectivity index (χ0) is 16.0. The van der Waals surface area contributed by atoms with E-state index < -0.39 is 11.5 Å². The zero-order valence-corrected chi connectivity index (χ0v) is 13.7. The molecule has 1 aliphatic rings. The molecular weight excluding hydrogens is 302 g/mol. The summed E-state index contributed by atoms with van der Waals surface area (Å²) in [5.41, 5.74) is 0.306. The highest BCUT2D eigenvalue weighted by Crippen LogP contribution is 2.36. The van der Waals surface area contributed by atoms with E-state index in [4.69, 9.17) is 16.3 Å². The molecule has 2 N–H and O–H groups in total. The van der Waals surface area contributed by atoms with Crippen molar-refractivity contribution in [2.24, 2.45) is 0 Å². The molecule has 1 aromatic carbocycles. The number of ether oxygens (including phenoxy) is 1. The fourth-order valence-electron chi connectivity index (χ4n) is 2.97. The van der Waals surface area contributed by atoms with Crippen molar-refractivity contribution in [3.8, 4) is 0 Å². The van der Waals surface area contributed by atoms with Crippen LogP contribution in [-0.2, 0) is 14.9 Å². The summed E-state index contributed by atoms with van der Waals surface area (Å²) in [6.45, 7) is 3.40. The molecule has 122 valence electrons. The lowest BCUT2D eigenvalue weighted by atomic mass is 9.73. The maximum absolute atomic E-state index is 12.8. The van der Waals surface area contributed by atoms with Crippen LogP contribution >= 0.6 is 11.6 Å². The molecule has 5 heteroatoms. The van der Waals surface area contributed by atoms with Crippen LogP contribution in [0.3, 0.4) is 0 Å². The molecule has 1 saturated heterocycles. The zero-order valence-electron chi connectivity index (χ0n) is 13.0. The number of nitrogens with one attached hydrogen (secondary N) is 1. The van der Waals surface area contributed by atoms with E-state index in [0.29, 0.717) is 37.5 Å². The van der Waals surface area contributed by atoms with Gasteiger partial charge in [-0.25, -0.2) is 0 Å². The summed E-state index contributed by atoms with van der Waals surface area (Å²) in [5, 5.41) is 13.4. The Morgan fingerprint density at radius 3 is 2.82 bits per heavy atom. The topological polar surface area (TPSA) is 58.6 Å². The third-order valence-corrected chi connectivity index (χ3v) is 4.51. The molecule has 1 amide bonds. The SMILES string of the molecule is CCCC(O)CNC(=O)C1(c2cccc(Cl)c2)CCOCC1. The van der Waals surface area contributed by atoms with Crippen molar-refractivity contribution in [3.63, 3.8) is 0 Å². The lowest BCUT2D eigenvalue weighted by molar-refractivity contribution is -0.131. The maximum Gasteiger partial charge on any atom is 0.230 e. The third-order valence-electron chi connectivity index (χ3n) is 4.28. The molecule has 0 saturated carbocycles. The number of hydrogen-bond acceptors (Lipinski definition) is 3. The minimum atomic E-state index is -0.616. The Morgan fingerprint density at radius 2 is 2.18 bits per heavy atom. The fourth-order valence-corrected chi connectivity index (χ4v) is 3.16. The minimum absolute atomic E-state index is 0.0479. The van der Waals surface area contributed by atoms with Gasteiger partial charge in [0.15, 0.2) is 0 Å². The van der Waals surface area contributed by atoms with Crippen LogP contribution in [0.4, 0.5) is 0 Å². The summed E-state index contributed by atoms with van der Waals surface area (Å²) in [6.07, 6.45) is 2.34. The summed E-state index contributed by atoms with van der Waals surface area (Å²) in [6, 6.07) is 7.48. The van der Waals surface area contributed by atoms with E-state index in [0.717, 1.165) is 12.0 Å². The summed E-state index contributed by atoms with van der Waals surface area (Å²) < 4.78 is 5.43. The van der Waals surface area contributed by atoms with Gasteiger partial charge in [0.25, 0.3) is 0 Å². The van der Waals surface area contributed by atoms with Gasteiger partial charge in [-0.15, -0.1) is 0 Å². The molecule has 0 bridgehead atoms. The van der Waals surface area contributed by atoms with Crippen LogP contribution in [-0.4, -0.2) is 36.9 Å². The first-order valence-corrected chi connectivity index (χ1v) is 8.26. The largest absolute Gasteiger partial charge is 0.391 e. The predicted octanol–water partition coefficient (Wildman–Crippen LogP) is 2.67. The van der Waals surface area contributed by atoms with Crippen molar-refractivity contribution in [3.05, 3.63) is 34.9 Å². The molecule has 1 atom stereocenters. The normalized spacial score (nSPS) is 18.7. The van der Waals surface area contributed by atoms with Crippen LogP contribution in [0.5, 0.6) is 0 Å². The van der Waals surface area contributed by atoms with Gasteiger partial charge in [0.05, 0.1) is 11.5 Å². The second kappa shape index (κ2) is 7.95. The highest BCUT2D eigenvalue weighted by Gasteiger charge is 2.41. The van der Waals surface area contributed by atoms with Gasteiger partial charge in [-0.2, -0.15) is 0 Å². The average Bonchev–Trinajstić information content (AvgIpc) is 2.53. The van der Waals surface area contributed by atoms with E-state index in [1.807, 2.05) is 25.1 Å². The van der Waals surface area contributed by atoms with Gasteiger partial charge in [-0.3, -0.25) is 4.79 Å². The highest BCUT2D eigenvalue weighted by atomic mass is 35.5. The number of benzene rings is 1. The number of rotatable bonds is 6. The Hall–Kier alpha value is -1.10. The number of hydrogen-bond donors (Lipinski definition) is 2. The third kappa shape index (κ3) is 4.00. The quantitative estimate of drug-likeness (QED) is 0.845. The van der Waals surface area contributed by atoms with Crippen LogP contribution in [0.15, 0.2) is 24.3 Å². The average molecular weight is 326 g/mol. The van der Waals surface area contributed by atoms with Crippen molar-refractivity contribution in [1.82, 2.24) is 5.32 Å². The summed E-state index contributed by atoms with van der Waals surface area (Å²) in [4.78, 5) is 12.8. The number of halogens is 1. The standard InChI is InChI=1S/C17H24ClNO3/c1-2-4-15(20)12-19-16(21)17(7-9-22-10-8-17)13-5-3-6-14(18)11-13/h3,5-6,11,15,20H,2,4,7-10,12H2,1H3,(H,19,21). The van der Waals surface area contributed by atoms with E-state index >= 15 is 0 Å². The van der Waals surface area contributed by atoms with Crippen LogP contribution in [0.25, 0.3) is 0 Å². The molecule has 0 aromatic heterocycles. The van der Waals surface area contributed by atoms with Crippen LogP contribution in [0.1, 0.15) is 38.2 Å². The van der Waals surface area contributed by atoms with Crippen LogP contribution in [0, 0.1) is 0 Å². The first kappa shape index (κ1) is 17.3. The number of carbonyl (C=O) groups excluding carboxylic acids is 1. The number of amides is 1. The molecule has 1 heterocycles. The molecule has 22 heavy (non-hydrogen) atoms. The summed E-state index contributed by atoms with van der Waals surface area (Å²) >= 11 is 6.10. The van der Waals surface area contributed by atoms with Gasteiger partial charge in [-0.05, 0) is 37.0 Å². The maximum atomic E-state index is 12.8. The number of carbonyl (C=O) groups is 1. The Labute approximate surface area is 136 Å². The van der Waals surface area contributed by atoms with Crippen LogP contribution in [0.2, 0.25) is 5.02 Å². The molecule has 4 nitrogen and oxygen atoms in total. The van der Waals surface area contributed by atoms with E-state index in [2.05, 4.69) is 5.32 Å². The lowest BCUT2D eigenvalue weighted by Gasteiger charge is -2.36. The van der Waals surface area contributed by atoms with Crippen molar-refractivity contribution < 1.29 is 14.6 Å². The molecule has 1 aromatic rings. The molecule has 0 aliphatic carbocycles. The van der Waals surface area contributed by atoms with Gasteiger partial charge < -0.3 is 15.2 Å². The second-order valence-electron chi connectivity index (χ2n) is 5.86.